The molecule has 0 bridgehead atoms. The molecule has 2 N–H and O–H groups in total. The predicted octanol–water partition coefficient (Wildman–Crippen LogP) is 3.29. The summed E-state index contributed by atoms with van der Waals surface area (Å²) in [6.45, 7) is 1.27. The highest BCUT2D eigenvalue weighted by molar-refractivity contribution is 6.21. The van der Waals surface area contributed by atoms with E-state index >= 15 is 0 Å². The van der Waals surface area contributed by atoms with Crippen molar-refractivity contribution in [2.45, 2.75) is 19.0 Å². The summed E-state index contributed by atoms with van der Waals surface area (Å²) in [4.78, 5) is 33.1. The Hall–Kier alpha value is -4.00. The lowest BCUT2D eigenvalue weighted by atomic mass is 9.98. The van der Waals surface area contributed by atoms with Gasteiger partial charge in [-0.1, -0.05) is 42.5 Å². The fourth-order valence-corrected chi connectivity index (χ4v) is 4.96. The van der Waals surface area contributed by atoms with E-state index in [2.05, 4.69) is 15.6 Å². The maximum atomic E-state index is 14.8. The Bertz CT molecular complexity index is 1350. The molecule has 3 heterocycles. The van der Waals surface area contributed by atoms with Crippen molar-refractivity contribution >= 4 is 28.9 Å². The SMILES string of the molecule is O=C(NC1N=C(c2ccccc2F)c2cccc3c2N(CC3)C1=O)c1cccc2c1NCC2. The van der Waals surface area contributed by atoms with Crippen LogP contribution < -0.4 is 15.5 Å². The third-order valence-electron chi connectivity index (χ3n) is 6.50. The molecule has 3 aromatic carbocycles. The van der Waals surface area contributed by atoms with Crippen molar-refractivity contribution in [3.63, 3.8) is 0 Å². The summed E-state index contributed by atoms with van der Waals surface area (Å²) in [5, 5.41) is 6.07. The van der Waals surface area contributed by atoms with Crippen molar-refractivity contribution in [2.75, 3.05) is 23.3 Å². The minimum Gasteiger partial charge on any atom is -0.384 e. The van der Waals surface area contributed by atoms with Crippen LogP contribution in [-0.2, 0) is 17.6 Å². The third-order valence-corrected chi connectivity index (χ3v) is 6.50. The van der Waals surface area contributed by atoms with Crippen LogP contribution in [0.1, 0.15) is 32.6 Å². The predicted molar refractivity (Wildman–Crippen MR) is 124 cm³/mol. The second kappa shape index (κ2) is 7.55. The molecule has 164 valence electrons. The zero-order valence-corrected chi connectivity index (χ0v) is 17.8. The second-order valence-electron chi connectivity index (χ2n) is 8.40. The molecular weight excluding hydrogens is 419 g/mol. The van der Waals surface area contributed by atoms with Crippen LogP contribution in [0.15, 0.2) is 65.7 Å². The lowest BCUT2D eigenvalue weighted by Gasteiger charge is -2.21. The Balaban J connectivity index is 1.46. The molecule has 6 rings (SSSR count). The van der Waals surface area contributed by atoms with E-state index in [-0.39, 0.29) is 11.8 Å². The van der Waals surface area contributed by atoms with Gasteiger partial charge in [-0.25, -0.2) is 9.38 Å². The molecule has 0 saturated heterocycles. The molecule has 3 aliphatic heterocycles. The number of benzene rings is 3. The van der Waals surface area contributed by atoms with Crippen molar-refractivity contribution < 1.29 is 14.0 Å². The number of carbonyl (C=O) groups is 2. The lowest BCUT2D eigenvalue weighted by molar-refractivity contribution is -0.120. The maximum absolute atomic E-state index is 14.8. The normalized spacial score (nSPS) is 18.2. The van der Waals surface area contributed by atoms with Crippen molar-refractivity contribution in [3.05, 3.63) is 94.3 Å². The zero-order valence-electron chi connectivity index (χ0n) is 17.8. The number of amides is 2. The van der Waals surface area contributed by atoms with E-state index < -0.39 is 12.0 Å². The highest BCUT2D eigenvalue weighted by atomic mass is 19.1. The standard InChI is InChI=1S/C26H21FN4O2/c27-20-10-2-1-7-17(20)22-18-8-4-6-16-12-14-31(23(16)18)26(33)24(29-22)30-25(32)19-9-3-5-15-11-13-28-21(15)19/h1-10,24,28H,11-14H2,(H,30,32). The molecule has 0 spiro atoms. The molecule has 6 nitrogen and oxygen atoms in total. The summed E-state index contributed by atoms with van der Waals surface area (Å²) in [5.74, 6) is -1.13. The van der Waals surface area contributed by atoms with Gasteiger partial charge in [-0.3, -0.25) is 9.59 Å². The highest BCUT2D eigenvalue weighted by Gasteiger charge is 2.37. The van der Waals surface area contributed by atoms with Crippen LogP contribution in [0.5, 0.6) is 0 Å². The summed E-state index contributed by atoms with van der Waals surface area (Å²) >= 11 is 0. The molecule has 0 fully saturated rings. The first-order chi connectivity index (χ1) is 16.1. The summed E-state index contributed by atoms with van der Waals surface area (Å²) in [5.41, 5.74) is 5.47. The van der Waals surface area contributed by atoms with Crippen LogP contribution in [-0.4, -0.2) is 36.8 Å². The Kier molecular flexibility index (Phi) is 4.50. The molecule has 7 heteroatoms. The topological polar surface area (TPSA) is 73.8 Å². The number of carbonyl (C=O) groups excluding carboxylic acids is 2. The van der Waals surface area contributed by atoms with Crippen LogP contribution >= 0.6 is 0 Å². The molecule has 0 saturated carbocycles. The van der Waals surface area contributed by atoms with E-state index in [1.54, 1.807) is 29.2 Å². The Morgan fingerprint density at radius 3 is 2.67 bits per heavy atom. The fourth-order valence-electron chi connectivity index (χ4n) is 4.96. The summed E-state index contributed by atoms with van der Waals surface area (Å²) in [6.07, 6.45) is 0.388. The summed E-state index contributed by atoms with van der Waals surface area (Å²) in [6, 6.07) is 17.7. The van der Waals surface area contributed by atoms with E-state index in [4.69, 9.17) is 0 Å². The average Bonchev–Trinajstić information content (AvgIpc) is 3.46. The maximum Gasteiger partial charge on any atom is 0.272 e. The van der Waals surface area contributed by atoms with E-state index in [0.29, 0.717) is 35.4 Å². The second-order valence-corrected chi connectivity index (χ2v) is 8.40. The Morgan fingerprint density at radius 2 is 1.79 bits per heavy atom. The Morgan fingerprint density at radius 1 is 1.00 bits per heavy atom. The monoisotopic (exact) mass is 440 g/mol. The zero-order chi connectivity index (χ0) is 22.5. The van der Waals surface area contributed by atoms with Crippen LogP contribution in [0.2, 0.25) is 0 Å². The number of halogens is 1. The van der Waals surface area contributed by atoms with E-state index in [1.165, 1.54) is 6.07 Å². The molecule has 1 unspecified atom stereocenters. The largest absolute Gasteiger partial charge is 0.384 e. The fraction of sp³-hybridized carbons (Fsp3) is 0.192. The van der Waals surface area contributed by atoms with E-state index in [9.17, 15) is 14.0 Å². The van der Waals surface area contributed by atoms with Crippen LogP contribution in [0.25, 0.3) is 0 Å². The van der Waals surface area contributed by atoms with Crippen LogP contribution in [0.4, 0.5) is 15.8 Å². The molecule has 2 amide bonds. The van der Waals surface area contributed by atoms with Gasteiger partial charge in [0.05, 0.1) is 22.6 Å². The Labute approximate surface area is 190 Å². The van der Waals surface area contributed by atoms with Gasteiger partial charge < -0.3 is 15.5 Å². The number of hydrogen-bond donors (Lipinski definition) is 2. The van der Waals surface area contributed by atoms with Gasteiger partial charge in [-0.2, -0.15) is 0 Å². The first-order valence-electron chi connectivity index (χ1n) is 11.0. The van der Waals surface area contributed by atoms with Gasteiger partial charge in [0.15, 0.2) is 0 Å². The van der Waals surface area contributed by atoms with Gasteiger partial charge in [0.25, 0.3) is 11.8 Å². The van der Waals surface area contributed by atoms with Crippen molar-refractivity contribution in [1.82, 2.24) is 5.32 Å². The minimum absolute atomic E-state index is 0.300. The molecule has 0 aromatic heterocycles. The molecule has 0 aliphatic carbocycles. The van der Waals surface area contributed by atoms with Crippen molar-refractivity contribution in [2.24, 2.45) is 4.99 Å². The number of hydrogen-bond acceptors (Lipinski definition) is 4. The third kappa shape index (κ3) is 3.11. The van der Waals surface area contributed by atoms with E-state index in [1.807, 2.05) is 30.3 Å². The number of nitrogens with one attached hydrogen (secondary N) is 2. The van der Waals surface area contributed by atoms with Crippen LogP contribution in [0.3, 0.4) is 0 Å². The molecule has 3 aromatic rings. The quantitative estimate of drug-likeness (QED) is 0.657. The van der Waals surface area contributed by atoms with Gasteiger partial charge in [0.2, 0.25) is 6.17 Å². The summed E-state index contributed by atoms with van der Waals surface area (Å²) < 4.78 is 14.8. The van der Waals surface area contributed by atoms with Gasteiger partial charge in [-0.05, 0) is 42.2 Å². The number of fused-ring (bicyclic) bond motifs is 1. The molecule has 3 aliphatic rings. The molecule has 33 heavy (non-hydrogen) atoms. The van der Waals surface area contributed by atoms with Gasteiger partial charge in [-0.15, -0.1) is 0 Å². The first kappa shape index (κ1) is 19.7. The number of nitrogens with zero attached hydrogens (tertiary/aromatic N) is 2. The van der Waals surface area contributed by atoms with Crippen molar-refractivity contribution in [3.8, 4) is 0 Å². The van der Waals surface area contributed by atoms with Gasteiger partial charge in [0, 0.05) is 24.2 Å². The van der Waals surface area contributed by atoms with Crippen molar-refractivity contribution in [1.29, 1.82) is 0 Å². The van der Waals surface area contributed by atoms with Crippen LogP contribution in [0, 0.1) is 5.82 Å². The number of rotatable bonds is 3. The molecule has 1 atom stereocenters. The summed E-state index contributed by atoms with van der Waals surface area (Å²) in [7, 11) is 0. The highest BCUT2D eigenvalue weighted by Crippen LogP contribution is 2.36. The minimum atomic E-state index is -1.16. The molecular formula is C26H21FN4O2. The number of para-hydroxylation sites is 2. The lowest BCUT2D eigenvalue weighted by Crippen LogP contribution is -2.47. The van der Waals surface area contributed by atoms with E-state index in [0.717, 1.165) is 35.5 Å². The van der Waals surface area contributed by atoms with Gasteiger partial charge in [0.1, 0.15) is 5.82 Å². The average molecular weight is 440 g/mol. The van der Waals surface area contributed by atoms with Gasteiger partial charge >= 0.3 is 0 Å². The first-order valence-corrected chi connectivity index (χ1v) is 11.0. The number of anilines is 2. The number of aliphatic imine (C=N–C) groups is 1. The smallest absolute Gasteiger partial charge is 0.272 e. The molecule has 0 radical (unpaired) electrons.